The van der Waals surface area contributed by atoms with Gasteiger partial charge in [0.2, 0.25) is 0 Å². The van der Waals surface area contributed by atoms with Crippen molar-refractivity contribution >= 4 is 36.6 Å². The Morgan fingerprint density at radius 1 is 0.594 bits per heavy atom. The molecule has 0 fully saturated rings. The number of rotatable bonds is 20. The Balaban J connectivity index is 3.44. The first kappa shape index (κ1) is 29.9. The van der Waals surface area contributed by atoms with Crippen LogP contribution < -0.4 is 11.3 Å². The minimum absolute atomic E-state index is 0.0152. The van der Waals surface area contributed by atoms with Crippen LogP contribution in [0.5, 0.6) is 0 Å². The Bertz CT molecular complexity index is 536. The number of hydrazine groups is 1. The summed E-state index contributed by atoms with van der Waals surface area (Å²) in [4.78, 5) is 45.2. The molecule has 186 valence electrons. The Labute approximate surface area is 193 Å². The average molecular weight is 483 g/mol. The number of amides is 1. The highest BCUT2D eigenvalue weighted by atomic mass is 32.1. The van der Waals surface area contributed by atoms with Crippen LogP contribution in [0.1, 0.15) is 38.5 Å². The maximum atomic E-state index is 11.6. The fourth-order valence-electron chi connectivity index (χ4n) is 2.06. The molecule has 0 unspecified atom stereocenters. The molecule has 0 aromatic heterocycles. The summed E-state index contributed by atoms with van der Waals surface area (Å²) in [6.07, 6.45) is 1.94. The molecule has 0 bridgehead atoms. The van der Waals surface area contributed by atoms with Gasteiger partial charge < -0.3 is 28.4 Å². The maximum absolute atomic E-state index is 11.6. The van der Waals surface area contributed by atoms with Crippen LogP contribution in [0, 0.1) is 0 Å². The maximum Gasteiger partial charge on any atom is 0.421 e. The molecule has 0 saturated heterocycles. The van der Waals surface area contributed by atoms with E-state index in [1.807, 2.05) is 5.43 Å². The first-order chi connectivity index (χ1) is 15.5. The molecule has 32 heavy (non-hydrogen) atoms. The third-order valence-electron chi connectivity index (χ3n) is 3.62. The molecule has 13 heteroatoms. The molecule has 0 saturated carbocycles. The van der Waals surface area contributed by atoms with Crippen LogP contribution in [0.3, 0.4) is 0 Å². The van der Waals surface area contributed by atoms with Crippen molar-refractivity contribution < 1.29 is 47.6 Å². The van der Waals surface area contributed by atoms with E-state index in [0.717, 1.165) is 25.0 Å². The Kier molecular flexibility index (Phi) is 20.7. The summed E-state index contributed by atoms with van der Waals surface area (Å²) in [7, 11) is 0. The second-order valence-corrected chi connectivity index (χ2v) is 6.65. The van der Waals surface area contributed by atoms with Crippen molar-refractivity contribution in [2.75, 3.05) is 58.6 Å². The number of nitrogens with one attached hydrogen (secondary N) is 1. The van der Waals surface area contributed by atoms with Crippen LogP contribution in [0.2, 0.25) is 0 Å². The Morgan fingerprint density at radius 2 is 1.03 bits per heavy atom. The molecule has 12 nitrogen and oxygen atoms in total. The van der Waals surface area contributed by atoms with Gasteiger partial charge in [-0.2, -0.15) is 12.6 Å². The molecule has 3 N–H and O–H groups in total. The summed E-state index contributed by atoms with van der Waals surface area (Å²) in [5.74, 6) is 4.16. The number of hydrogen-bond acceptors (Lipinski definition) is 12. The average Bonchev–Trinajstić information content (AvgIpc) is 2.79. The third kappa shape index (κ3) is 21.2. The first-order valence-electron chi connectivity index (χ1n) is 10.4. The van der Waals surface area contributed by atoms with Gasteiger partial charge in [0, 0.05) is 6.42 Å². The lowest BCUT2D eigenvalue weighted by Crippen LogP contribution is -2.31. The van der Waals surface area contributed by atoms with Crippen LogP contribution in [-0.4, -0.2) is 82.6 Å². The standard InChI is InChI=1S/C19H34N2O10S/c20-21-19(25)31-12-10-27-8-7-26-9-11-28-17(23)5-6-18(24)30-14-13-29-16(22)4-2-1-3-15-32/h32H,1-15,20H2,(H,21,25). The second kappa shape index (κ2) is 22.1. The minimum atomic E-state index is -0.744. The molecular formula is C19H34N2O10S. The zero-order valence-electron chi connectivity index (χ0n) is 18.2. The SMILES string of the molecule is NNC(=O)OCCOCCOCCOC(=O)CCC(=O)OCCOC(=O)CCCCCS. The summed E-state index contributed by atoms with van der Waals surface area (Å²) in [6.45, 7) is 0.943. The van der Waals surface area contributed by atoms with Gasteiger partial charge in [-0.1, -0.05) is 6.42 Å². The number of esters is 3. The van der Waals surface area contributed by atoms with E-state index in [0.29, 0.717) is 6.42 Å². The van der Waals surface area contributed by atoms with Crippen LogP contribution in [0.4, 0.5) is 4.79 Å². The fraction of sp³-hybridized carbons (Fsp3) is 0.789. The van der Waals surface area contributed by atoms with Crippen molar-refractivity contribution in [1.29, 1.82) is 0 Å². The molecule has 0 aliphatic carbocycles. The smallest absolute Gasteiger partial charge is 0.421 e. The topological polar surface area (TPSA) is 162 Å². The zero-order valence-corrected chi connectivity index (χ0v) is 19.1. The second-order valence-electron chi connectivity index (χ2n) is 6.20. The van der Waals surface area contributed by atoms with Crippen molar-refractivity contribution in [3.63, 3.8) is 0 Å². The van der Waals surface area contributed by atoms with Gasteiger partial charge in [0.25, 0.3) is 0 Å². The number of carbonyl (C=O) groups excluding carboxylic acids is 4. The molecule has 0 rings (SSSR count). The van der Waals surface area contributed by atoms with Crippen LogP contribution >= 0.6 is 12.6 Å². The summed E-state index contributed by atoms with van der Waals surface area (Å²) >= 11 is 4.09. The molecule has 0 heterocycles. The molecule has 1 amide bonds. The highest BCUT2D eigenvalue weighted by molar-refractivity contribution is 7.80. The van der Waals surface area contributed by atoms with E-state index < -0.39 is 18.0 Å². The van der Waals surface area contributed by atoms with Gasteiger partial charge in [-0.25, -0.2) is 10.6 Å². The predicted octanol–water partition coefficient (Wildman–Crippen LogP) is 0.520. The van der Waals surface area contributed by atoms with Gasteiger partial charge in [0.1, 0.15) is 26.4 Å². The van der Waals surface area contributed by atoms with E-state index in [2.05, 4.69) is 17.4 Å². The lowest BCUT2D eigenvalue weighted by Gasteiger charge is -2.08. The lowest BCUT2D eigenvalue weighted by molar-refractivity contribution is -0.154. The predicted molar refractivity (Wildman–Crippen MR) is 115 cm³/mol. The Morgan fingerprint density at radius 3 is 1.53 bits per heavy atom. The summed E-state index contributed by atoms with van der Waals surface area (Å²) in [5, 5.41) is 0. The van der Waals surface area contributed by atoms with Crippen molar-refractivity contribution in [1.82, 2.24) is 5.43 Å². The van der Waals surface area contributed by atoms with Crippen LogP contribution in [0.15, 0.2) is 0 Å². The number of ether oxygens (including phenoxy) is 6. The Hall–Kier alpha value is -2.09. The normalized spacial score (nSPS) is 10.3. The zero-order chi connectivity index (χ0) is 23.9. The van der Waals surface area contributed by atoms with Gasteiger partial charge in [0.05, 0.1) is 39.3 Å². The van der Waals surface area contributed by atoms with E-state index in [4.69, 9.17) is 29.5 Å². The van der Waals surface area contributed by atoms with E-state index in [1.165, 1.54) is 0 Å². The van der Waals surface area contributed by atoms with Crippen LogP contribution in [0.25, 0.3) is 0 Å². The molecule has 0 aliphatic rings. The quantitative estimate of drug-likeness (QED) is 0.0422. The van der Waals surface area contributed by atoms with Crippen molar-refractivity contribution in [2.45, 2.75) is 38.5 Å². The van der Waals surface area contributed by atoms with E-state index in [-0.39, 0.29) is 71.7 Å². The van der Waals surface area contributed by atoms with E-state index in [9.17, 15) is 19.2 Å². The number of thiol groups is 1. The van der Waals surface area contributed by atoms with Crippen molar-refractivity contribution in [3.05, 3.63) is 0 Å². The summed E-state index contributed by atoms with van der Waals surface area (Å²) in [5.41, 5.74) is 1.81. The number of nitrogens with two attached hydrogens (primary N) is 1. The lowest BCUT2D eigenvalue weighted by atomic mass is 10.2. The molecule has 0 aromatic carbocycles. The summed E-state index contributed by atoms with van der Waals surface area (Å²) in [6, 6.07) is 0. The summed E-state index contributed by atoms with van der Waals surface area (Å²) < 4.78 is 29.7. The largest absolute Gasteiger partial charge is 0.463 e. The third-order valence-corrected chi connectivity index (χ3v) is 3.94. The van der Waals surface area contributed by atoms with E-state index >= 15 is 0 Å². The monoisotopic (exact) mass is 482 g/mol. The first-order valence-corrected chi connectivity index (χ1v) is 11.0. The fourth-order valence-corrected chi connectivity index (χ4v) is 2.28. The van der Waals surface area contributed by atoms with Gasteiger partial charge in [-0.15, -0.1) is 0 Å². The number of carbonyl (C=O) groups is 4. The van der Waals surface area contributed by atoms with Gasteiger partial charge in [-0.3, -0.25) is 19.8 Å². The van der Waals surface area contributed by atoms with E-state index in [1.54, 1.807) is 0 Å². The highest BCUT2D eigenvalue weighted by Crippen LogP contribution is 2.02. The highest BCUT2D eigenvalue weighted by Gasteiger charge is 2.10. The molecular weight excluding hydrogens is 448 g/mol. The van der Waals surface area contributed by atoms with Crippen molar-refractivity contribution in [3.8, 4) is 0 Å². The minimum Gasteiger partial charge on any atom is -0.463 e. The molecule has 0 spiro atoms. The van der Waals surface area contributed by atoms with Gasteiger partial charge in [-0.05, 0) is 18.6 Å². The molecule has 0 aromatic rings. The van der Waals surface area contributed by atoms with Gasteiger partial charge >= 0.3 is 24.0 Å². The van der Waals surface area contributed by atoms with Crippen LogP contribution in [-0.2, 0) is 42.8 Å². The van der Waals surface area contributed by atoms with Crippen molar-refractivity contribution in [2.24, 2.45) is 5.84 Å². The number of hydrogen-bond donors (Lipinski definition) is 3. The van der Waals surface area contributed by atoms with Gasteiger partial charge in [0.15, 0.2) is 0 Å². The number of unbranched alkanes of at least 4 members (excludes halogenated alkanes) is 2. The molecule has 0 aliphatic heterocycles. The molecule has 0 radical (unpaired) electrons. The molecule has 0 atom stereocenters.